The summed E-state index contributed by atoms with van der Waals surface area (Å²) in [5.74, 6) is -0.172. The summed E-state index contributed by atoms with van der Waals surface area (Å²) in [5.41, 5.74) is 8.47. The van der Waals surface area contributed by atoms with Crippen LogP contribution < -0.4 is 5.73 Å². The Morgan fingerprint density at radius 2 is 2.17 bits per heavy atom. The van der Waals surface area contributed by atoms with Crippen molar-refractivity contribution >= 4 is 0 Å². The molecule has 0 spiro atoms. The van der Waals surface area contributed by atoms with Gasteiger partial charge in [0.1, 0.15) is 5.82 Å². The molecule has 1 aromatic rings. The van der Waals surface area contributed by atoms with Crippen molar-refractivity contribution < 1.29 is 4.39 Å². The standard InChI is InChI=1S/C15H23FN2/c1-11-8-12(16)4-5-13(11)14(9-17)18-7-6-15(2,3)10-18/h4-5,8,14H,6-7,9-10,17H2,1-3H3. The van der Waals surface area contributed by atoms with Crippen molar-refractivity contribution in [3.8, 4) is 0 Å². The van der Waals surface area contributed by atoms with Gasteiger partial charge in [0, 0.05) is 19.1 Å². The number of halogens is 1. The van der Waals surface area contributed by atoms with Gasteiger partial charge < -0.3 is 5.73 Å². The van der Waals surface area contributed by atoms with E-state index in [1.54, 1.807) is 6.07 Å². The molecule has 0 aromatic heterocycles. The Balaban J connectivity index is 2.23. The number of benzene rings is 1. The highest BCUT2D eigenvalue weighted by Gasteiger charge is 2.33. The van der Waals surface area contributed by atoms with E-state index < -0.39 is 0 Å². The SMILES string of the molecule is Cc1cc(F)ccc1C(CN)N1CCC(C)(C)C1. The average Bonchev–Trinajstić information content (AvgIpc) is 2.63. The first-order valence-corrected chi connectivity index (χ1v) is 6.63. The first kappa shape index (κ1) is 13.5. The molecule has 100 valence electrons. The molecule has 1 atom stereocenters. The maximum Gasteiger partial charge on any atom is 0.123 e. The monoisotopic (exact) mass is 250 g/mol. The summed E-state index contributed by atoms with van der Waals surface area (Å²) in [6.45, 7) is 9.26. The molecule has 1 aliphatic rings. The van der Waals surface area contributed by atoms with Crippen molar-refractivity contribution in [1.82, 2.24) is 4.90 Å². The van der Waals surface area contributed by atoms with Crippen LogP contribution in [-0.2, 0) is 0 Å². The Labute approximate surface area is 109 Å². The van der Waals surface area contributed by atoms with E-state index in [0.717, 1.165) is 24.2 Å². The van der Waals surface area contributed by atoms with E-state index >= 15 is 0 Å². The van der Waals surface area contributed by atoms with Crippen LogP contribution in [0.1, 0.15) is 37.4 Å². The molecule has 1 aromatic carbocycles. The Morgan fingerprint density at radius 3 is 2.67 bits per heavy atom. The number of nitrogens with zero attached hydrogens (tertiary/aromatic N) is 1. The second-order valence-electron chi connectivity index (χ2n) is 6.14. The molecule has 2 N–H and O–H groups in total. The topological polar surface area (TPSA) is 29.3 Å². The van der Waals surface area contributed by atoms with Gasteiger partial charge in [0.25, 0.3) is 0 Å². The number of hydrogen-bond acceptors (Lipinski definition) is 2. The van der Waals surface area contributed by atoms with Gasteiger partial charge in [0.05, 0.1) is 0 Å². The maximum atomic E-state index is 13.2. The third kappa shape index (κ3) is 2.73. The molecule has 0 saturated carbocycles. The number of aryl methyl sites for hydroxylation is 1. The third-order valence-electron chi connectivity index (χ3n) is 3.96. The molecule has 1 aliphatic heterocycles. The predicted molar refractivity (Wildman–Crippen MR) is 72.9 cm³/mol. The summed E-state index contributed by atoms with van der Waals surface area (Å²) in [6.07, 6.45) is 1.20. The Hall–Kier alpha value is -0.930. The smallest absolute Gasteiger partial charge is 0.123 e. The lowest BCUT2D eigenvalue weighted by molar-refractivity contribution is 0.222. The lowest BCUT2D eigenvalue weighted by atomic mass is 9.93. The van der Waals surface area contributed by atoms with Gasteiger partial charge in [-0.2, -0.15) is 0 Å². The van der Waals surface area contributed by atoms with Gasteiger partial charge in [-0.1, -0.05) is 19.9 Å². The summed E-state index contributed by atoms with van der Waals surface area (Å²) < 4.78 is 13.2. The van der Waals surface area contributed by atoms with E-state index in [4.69, 9.17) is 5.73 Å². The zero-order chi connectivity index (χ0) is 13.3. The van der Waals surface area contributed by atoms with Gasteiger partial charge in [0.2, 0.25) is 0 Å². The van der Waals surface area contributed by atoms with Crippen LogP contribution in [0.3, 0.4) is 0 Å². The zero-order valence-corrected chi connectivity index (χ0v) is 11.5. The Morgan fingerprint density at radius 1 is 1.44 bits per heavy atom. The van der Waals surface area contributed by atoms with E-state index in [9.17, 15) is 4.39 Å². The van der Waals surface area contributed by atoms with Gasteiger partial charge in [-0.15, -0.1) is 0 Å². The highest BCUT2D eigenvalue weighted by atomic mass is 19.1. The van der Waals surface area contributed by atoms with E-state index in [2.05, 4.69) is 18.7 Å². The Bertz CT molecular complexity index is 429. The summed E-state index contributed by atoms with van der Waals surface area (Å²) in [7, 11) is 0. The van der Waals surface area contributed by atoms with Gasteiger partial charge in [-0.3, -0.25) is 4.90 Å². The largest absolute Gasteiger partial charge is 0.329 e. The first-order valence-electron chi connectivity index (χ1n) is 6.63. The minimum Gasteiger partial charge on any atom is -0.329 e. The second-order valence-corrected chi connectivity index (χ2v) is 6.14. The molecule has 2 rings (SSSR count). The van der Waals surface area contributed by atoms with Crippen LogP contribution in [0.5, 0.6) is 0 Å². The van der Waals surface area contributed by atoms with Crippen LogP contribution in [0.25, 0.3) is 0 Å². The van der Waals surface area contributed by atoms with Crippen LogP contribution in [0, 0.1) is 18.2 Å². The minimum atomic E-state index is -0.172. The van der Waals surface area contributed by atoms with E-state index in [-0.39, 0.29) is 11.9 Å². The molecule has 0 aliphatic carbocycles. The van der Waals surface area contributed by atoms with Gasteiger partial charge in [-0.25, -0.2) is 4.39 Å². The van der Waals surface area contributed by atoms with Crippen molar-refractivity contribution in [2.75, 3.05) is 19.6 Å². The quantitative estimate of drug-likeness (QED) is 0.893. The van der Waals surface area contributed by atoms with Crippen LogP contribution in [0.4, 0.5) is 4.39 Å². The highest BCUT2D eigenvalue weighted by Crippen LogP contribution is 2.35. The van der Waals surface area contributed by atoms with Gasteiger partial charge in [-0.05, 0) is 48.6 Å². The Kier molecular flexibility index (Phi) is 3.74. The van der Waals surface area contributed by atoms with E-state index in [1.165, 1.54) is 12.5 Å². The fraction of sp³-hybridized carbons (Fsp3) is 0.600. The van der Waals surface area contributed by atoms with E-state index in [1.807, 2.05) is 13.0 Å². The maximum absolute atomic E-state index is 13.2. The molecule has 1 saturated heterocycles. The van der Waals surface area contributed by atoms with Crippen molar-refractivity contribution in [2.45, 2.75) is 33.2 Å². The summed E-state index contributed by atoms with van der Waals surface area (Å²) >= 11 is 0. The van der Waals surface area contributed by atoms with Crippen molar-refractivity contribution in [3.63, 3.8) is 0 Å². The van der Waals surface area contributed by atoms with Crippen molar-refractivity contribution in [3.05, 3.63) is 35.1 Å². The average molecular weight is 250 g/mol. The van der Waals surface area contributed by atoms with Crippen LogP contribution in [-0.4, -0.2) is 24.5 Å². The van der Waals surface area contributed by atoms with Crippen molar-refractivity contribution in [2.24, 2.45) is 11.1 Å². The lowest BCUT2D eigenvalue weighted by Crippen LogP contribution is -2.33. The molecular formula is C15H23FN2. The number of likely N-dealkylation sites (tertiary alicyclic amines) is 1. The molecule has 1 heterocycles. The fourth-order valence-corrected chi connectivity index (χ4v) is 2.91. The normalized spacial score (nSPS) is 21.2. The first-order chi connectivity index (χ1) is 8.43. The number of nitrogens with two attached hydrogens (primary N) is 1. The molecular weight excluding hydrogens is 227 g/mol. The van der Waals surface area contributed by atoms with Crippen molar-refractivity contribution in [1.29, 1.82) is 0 Å². The fourth-order valence-electron chi connectivity index (χ4n) is 2.91. The lowest BCUT2D eigenvalue weighted by Gasteiger charge is -2.29. The minimum absolute atomic E-state index is 0.172. The molecule has 18 heavy (non-hydrogen) atoms. The van der Waals surface area contributed by atoms with Crippen LogP contribution in [0.2, 0.25) is 0 Å². The van der Waals surface area contributed by atoms with Crippen LogP contribution >= 0.6 is 0 Å². The molecule has 0 amide bonds. The van der Waals surface area contributed by atoms with Gasteiger partial charge in [0.15, 0.2) is 0 Å². The molecule has 1 unspecified atom stereocenters. The third-order valence-corrected chi connectivity index (χ3v) is 3.96. The summed E-state index contributed by atoms with van der Waals surface area (Å²) in [5, 5.41) is 0. The highest BCUT2D eigenvalue weighted by molar-refractivity contribution is 5.30. The zero-order valence-electron chi connectivity index (χ0n) is 11.5. The molecule has 3 heteroatoms. The second kappa shape index (κ2) is 4.98. The molecule has 2 nitrogen and oxygen atoms in total. The number of hydrogen-bond donors (Lipinski definition) is 1. The van der Waals surface area contributed by atoms with Gasteiger partial charge >= 0.3 is 0 Å². The molecule has 0 bridgehead atoms. The summed E-state index contributed by atoms with van der Waals surface area (Å²) in [4.78, 5) is 2.43. The molecule has 0 radical (unpaired) electrons. The summed E-state index contributed by atoms with van der Waals surface area (Å²) in [6, 6.07) is 5.23. The van der Waals surface area contributed by atoms with Crippen LogP contribution in [0.15, 0.2) is 18.2 Å². The van der Waals surface area contributed by atoms with E-state index in [0.29, 0.717) is 12.0 Å². The molecule has 1 fully saturated rings. The predicted octanol–water partition coefficient (Wildman–Crippen LogP) is 2.87. The number of rotatable bonds is 3.